The van der Waals surface area contributed by atoms with Crippen molar-refractivity contribution in [1.82, 2.24) is 15.1 Å². The first-order valence-corrected chi connectivity index (χ1v) is 10.1. The molecule has 0 saturated heterocycles. The van der Waals surface area contributed by atoms with E-state index in [9.17, 15) is 9.59 Å². The fourth-order valence-electron chi connectivity index (χ4n) is 3.56. The zero-order valence-corrected chi connectivity index (χ0v) is 17.8. The molecule has 2 atom stereocenters. The fourth-order valence-corrected chi connectivity index (χ4v) is 3.56. The maximum Gasteiger partial charge on any atom is 0.408 e. The third-order valence-electron chi connectivity index (χ3n) is 5.03. The van der Waals surface area contributed by atoms with Gasteiger partial charge in [0.25, 0.3) is 0 Å². The van der Waals surface area contributed by atoms with E-state index in [1.54, 1.807) is 10.9 Å². The number of aromatic nitrogens is 2. The number of rotatable bonds is 1. The van der Waals surface area contributed by atoms with Gasteiger partial charge in [-0.05, 0) is 45.2 Å². The SMILES string of the molecule is C[C@@H]1CCC[C@H](NC(=O)OC(C)(C)C)c2cccc(c2)-c2c(cnn2C)NC1=O. The van der Waals surface area contributed by atoms with Crippen LogP contribution in [0.2, 0.25) is 0 Å². The van der Waals surface area contributed by atoms with Gasteiger partial charge in [0.05, 0.1) is 23.6 Å². The van der Waals surface area contributed by atoms with E-state index >= 15 is 0 Å². The number of benzene rings is 1. The van der Waals surface area contributed by atoms with Gasteiger partial charge in [-0.2, -0.15) is 5.10 Å². The van der Waals surface area contributed by atoms with Crippen LogP contribution in [-0.4, -0.2) is 27.4 Å². The second-order valence-corrected chi connectivity index (χ2v) is 8.68. The first-order valence-electron chi connectivity index (χ1n) is 10.1. The summed E-state index contributed by atoms with van der Waals surface area (Å²) in [6, 6.07) is 7.79. The number of fused-ring (bicyclic) bond motifs is 4. The molecule has 0 spiro atoms. The first-order chi connectivity index (χ1) is 13.6. The molecule has 2 amide bonds. The van der Waals surface area contributed by atoms with Crippen molar-refractivity contribution in [2.45, 2.75) is 58.6 Å². The lowest BCUT2D eigenvalue weighted by atomic mass is 9.94. The van der Waals surface area contributed by atoms with Gasteiger partial charge < -0.3 is 15.4 Å². The summed E-state index contributed by atoms with van der Waals surface area (Å²) in [5, 5.41) is 10.3. The summed E-state index contributed by atoms with van der Waals surface area (Å²) >= 11 is 0. The smallest absolute Gasteiger partial charge is 0.408 e. The molecule has 1 aromatic heterocycles. The standard InChI is InChI=1S/C22H30N4O3/c1-14-8-6-11-17(25-21(28)29-22(2,3)4)15-9-7-10-16(12-15)19-18(24-20(14)27)13-23-26(19)5/h7,9-10,12-14,17H,6,8,11H2,1-5H3,(H,24,27)(H,25,28)/t14-,17+/m1/s1. The first kappa shape index (κ1) is 20.9. The molecule has 0 aliphatic carbocycles. The van der Waals surface area contributed by atoms with Crippen molar-refractivity contribution in [3.8, 4) is 11.3 Å². The third kappa shape index (κ3) is 5.16. The largest absolute Gasteiger partial charge is 0.444 e. The molecule has 156 valence electrons. The molecule has 1 aliphatic rings. The van der Waals surface area contributed by atoms with Crippen LogP contribution >= 0.6 is 0 Å². The molecular formula is C22H30N4O3. The van der Waals surface area contributed by atoms with Crippen LogP contribution in [0, 0.1) is 5.92 Å². The number of nitrogens with zero attached hydrogens (tertiary/aromatic N) is 2. The van der Waals surface area contributed by atoms with Crippen LogP contribution in [0.4, 0.5) is 10.5 Å². The lowest BCUT2D eigenvalue weighted by Crippen LogP contribution is -2.35. The Morgan fingerprint density at radius 2 is 2.07 bits per heavy atom. The quantitative estimate of drug-likeness (QED) is 0.745. The van der Waals surface area contributed by atoms with Gasteiger partial charge in [-0.3, -0.25) is 9.48 Å². The van der Waals surface area contributed by atoms with Crippen molar-refractivity contribution in [1.29, 1.82) is 0 Å². The predicted octanol–water partition coefficient (Wildman–Crippen LogP) is 4.41. The van der Waals surface area contributed by atoms with Crippen molar-refractivity contribution in [2.75, 3.05) is 5.32 Å². The Bertz CT molecular complexity index is 898. The molecule has 29 heavy (non-hydrogen) atoms. The highest BCUT2D eigenvalue weighted by Crippen LogP contribution is 2.32. The molecule has 2 N–H and O–H groups in total. The molecule has 0 unspecified atom stereocenters. The van der Waals surface area contributed by atoms with E-state index in [1.807, 2.05) is 59.0 Å². The van der Waals surface area contributed by atoms with Crippen LogP contribution in [0.25, 0.3) is 11.3 Å². The molecule has 3 rings (SSSR count). The van der Waals surface area contributed by atoms with Crippen LogP contribution < -0.4 is 10.6 Å². The zero-order valence-electron chi connectivity index (χ0n) is 17.8. The van der Waals surface area contributed by atoms with Crippen LogP contribution in [0.5, 0.6) is 0 Å². The molecule has 2 bridgehead atoms. The van der Waals surface area contributed by atoms with E-state index in [0.717, 1.165) is 36.1 Å². The highest BCUT2D eigenvalue weighted by Gasteiger charge is 2.24. The van der Waals surface area contributed by atoms with E-state index in [-0.39, 0.29) is 17.9 Å². The van der Waals surface area contributed by atoms with E-state index in [2.05, 4.69) is 15.7 Å². The lowest BCUT2D eigenvalue weighted by Gasteiger charge is -2.25. The summed E-state index contributed by atoms with van der Waals surface area (Å²) in [4.78, 5) is 25.0. The number of hydrogen-bond donors (Lipinski definition) is 2. The van der Waals surface area contributed by atoms with E-state index in [0.29, 0.717) is 5.69 Å². The molecule has 2 heterocycles. The van der Waals surface area contributed by atoms with Crippen LogP contribution in [0.3, 0.4) is 0 Å². The number of amides is 2. The number of anilines is 1. The third-order valence-corrected chi connectivity index (χ3v) is 5.03. The highest BCUT2D eigenvalue weighted by molar-refractivity contribution is 5.95. The van der Waals surface area contributed by atoms with Gasteiger partial charge in [0, 0.05) is 18.5 Å². The number of carbonyl (C=O) groups is 2. The summed E-state index contributed by atoms with van der Waals surface area (Å²) in [5.74, 6) is -0.157. The van der Waals surface area contributed by atoms with Crippen molar-refractivity contribution in [3.05, 3.63) is 36.0 Å². The van der Waals surface area contributed by atoms with Gasteiger partial charge in [0.2, 0.25) is 5.91 Å². The predicted molar refractivity (Wildman–Crippen MR) is 112 cm³/mol. The number of nitrogens with one attached hydrogen (secondary N) is 2. The van der Waals surface area contributed by atoms with E-state index in [4.69, 9.17) is 4.74 Å². The number of alkyl carbamates (subject to hydrolysis) is 1. The van der Waals surface area contributed by atoms with Crippen molar-refractivity contribution in [3.63, 3.8) is 0 Å². The normalized spacial score (nSPS) is 20.0. The van der Waals surface area contributed by atoms with Gasteiger partial charge >= 0.3 is 6.09 Å². The molecule has 0 fully saturated rings. The minimum absolute atomic E-state index is 0.0207. The summed E-state index contributed by atoms with van der Waals surface area (Å²) < 4.78 is 7.21. The summed E-state index contributed by atoms with van der Waals surface area (Å²) in [6.07, 6.45) is 3.49. The van der Waals surface area contributed by atoms with Crippen molar-refractivity contribution in [2.24, 2.45) is 13.0 Å². The second-order valence-electron chi connectivity index (χ2n) is 8.68. The molecule has 0 radical (unpaired) electrons. The maximum atomic E-state index is 12.6. The summed E-state index contributed by atoms with van der Waals surface area (Å²) in [6.45, 7) is 7.46. The summed E-state index contributed by atoms with van der Waals surface area (Å²) in [7, 11) is 1.85. The second kappa shape index (κ2) is 8.27. The molecule has 7 heteroatoms. The maximum absolute atomic E-state index is 12.6. The van der Waals surface area contributed by atoms with Gasteiger partial charge in [0.1, 0.15) is 5.60 Å². The van der Waals surface area contributed by atoms with Crippen LogP contribution in [-0.2, 0) is 16.6 Å². The zero-order chi connectivity index (χ0) is 21.2. The fraction of sp³-hybridized carbons (Fsp3) is 0.500. The van der Waals surface area contributed by atoms with Crippen molar-refractivity contribution < 1.29 is 14.3 Å². The summed E-state index contributed by atoms with van der Waals surface area (Å²) in [5.41, 5.74) is 2.90. The van der Waals surface area contributed by atoms with E-state index in [1.165, 1.54) is 0 Å². The number of hydrogen-bond acceptors (Lipinski definition) is 4. The lowest BCUT2D eigenvalue weighted by molar-refractivity contribution is -0.119. The van der Waals surface area contributed by atoms with E-state index < -0.39 is 11.7 Å². The van der Waals surface area contributed by atoms with Gasteiger partial charge in [-0.15, -0.1) is 0 Å². The highest BCUT2D eigenvalue weighted by atomic mass is 16.6. The average molecular weight is 399 g/mol. The van der Waals surface area contributed by atoms with Gasteiger partial charge in [-0.25, -0.2) is 4.79 Å². The molecule has 1 aromatic carbocycles. The number of carbonyl (C=O) groups excluding carboxylic acids is 2. The molecule has 1 aliphatic heterocycles. The molecular weight excluding hydrogens is 368 g/mol. The Balaban J connectivity index is 1.98. The van der Waals surface area contributed by atoms with Crippen molar-refractivity contribution >= 4 is 17.7 Å². The van der Waals surface area contributed by atoms with Gasteiger partial charge in [-0.1, -0.05) is 31.5 Å². The Morgan fingerprint density at radius 3 is 2.79 bits per heavy atom. The minimum Gasteiger partial charge on any atom is -0.444 e. The Kier molecular flexibility index (Phi) is 5.96. The van der Waals surface area contributed by atoms with Crippen LogP contribution in [0.1, 0.15) is 58.6 Å². The molecule has 0 saturated carbocycles. The van der Waals surface area contributed by atoms with Gasteiger partial charge in [0.15, 0.2) is 0 Å². The Labute approximate surface area is 171 Å². The molecule has 7 nitrogen and oxygen atoms in total. The van der Waals surface area contributed by atoms with Crippen LogP contribution in [0.15, 0.2) is 30.5 Å². The molecule has 2 aromatic rings. The number of aryl methyl sites for hydroxylation is 1. The number of ether oxygens (including phenoxy) is 1. The Hall–Kier alpha value is -2.83. The Morgan fingerprint density at radius 1 is 1.31 bits per heavy atom. The monoisotopic (exact) mass is 398 g/mol. The minimum atomic E-state index is -0.562. The average Bonchev–Trinajstić information content (AvgIpc) is 2.98. The topological polar surface area (TPSA) is 85.2 Å².